The highest BCUT2D eigenvalue weighted by Crippen LogP contribution is 2.46. The van der Waals surface area contributed by atoms with E-state index in [0.717, 1.165) is 34.1 Å². The number of terminal acetylenes is 1. The van der Waals surface area contributed by atoms with Crippen LogP contribution in [0.25, 0.3) is 5.69 Å². The second kappa shape index (κ2) is 8.29. The zero-order valence-corrected chi connectivity index (χ0v) is 18.0. The zero-order chi connectivity index (χ0) is 21.3. The molecule has 3 aromatic rings. The maximum absolute atomic E-state index is 12.8. The van der Waals surface area contributed by atoms with E-state index < -0.39 is 0 Å². The number of hydrogen-bond acceptors (Lipinski definition) is 4. The van der Waals surface area contributed by atoms with Crippen molar-refractivity contribution in [2.45, 2.75) is 31.3 Å². The Bertz CT molecular complexity index is 1110. The molecule has 2 heterocycles. The molecule has 1 aromatic heterocycles. The first-order valence-electron chi connectivity index (χ1n) is 9.77. The van der Waals surface area contributed by atoms with E-state index in [9.17, 15) is 4.79 Å². The second-order valence-electron chi connectivity index (χ2n) is 7.30. The number of hydrogen-bond donors (Lipinski definition) is 1. The Morgan fingerprint density at radius 2 is 1.87 bits per heavy atom. The Morgan fingerprint density at radius 3 is 2.53 bits per heavy atom. The molecule has 0 radical (unpaired) electrons. The van der Waals surface area contributed by atoms with Crippen LogP contribution in [0.1, 0.15) is 34.6 Å². The molecule has 1 aliphatic heterocycles. The molecule has 0 aliphatic carbocycles. The average molecular weight is 418 g/mol. The van der Waals surface area contributed by atoms with Gasteiger partial charge in [0.15, 0.2) is 0 Å². The van der Waals surface area contributed by atoms with Crippen molar-refractivity contribution in [2.24, 2.45) is 0 Å². The van der Waals surface area contributed by atoms with E-state index in [1.807, 2.05) is 74.0 Å². The van der Waals surface area contributed by atoms with E-state index in [2.05, 4.69) is 11.2 Å². The minimum absolute atomic E-state index is 0.0222. The van der Waals surface area contributed by atoms with Gasteiger partial charge >= 0.3 is 0 Å². The summed E-state index contributed by atoms with van der Waals surface area (Å²) in [6, 6.07) is 16.0. The molecule has 0 bridgehead atoms. The molecule has 2 atom stereocenters. The van der Waals surface area contributed by atoms with Gasteiger partial charge in [0.1, 0.15) is 18.2 Å². The van der Waals surface area contributed by atoms with Crippen LogP contribution < -0.4 is 10.1 Å². The molecular formula is C24H23N3O2S. The number of ether oxygens (including phenoxy) is 1. The Balaban J connectivity index is 1.79. The first-order chi connectivity index (χ1) is 14.5. The SMILES string of the molecule is C#CCOc1ccc([C@@H]2S[C@H](C)C(=O)Nc3c2c(C)nn3-c2ccc(C)cc2)cc1. The summed E-state index contributed by atoms with van der Waals surface area (Å²) in [6.45, 7) is 6.21. The van der Waals surface area contributed by atoms with Gasteiger partial charge in [0.05, 0.1) is 21.9 Å². The predicted octanol–water partition coefficient (Wildman–Crippen LogP) is 4.66. The van der Waals surface area contributed by atoms with Crippen LogP contribution in [0.4, 0.5) is 5.82 Å². The molecule has 0 spiro atoms. The number of benzene rings is 2. The van der Waals surface area contributed by atoms with Gasteiger partial charge in [-0.2, -0.15) is 5.10 Å². The Labute approximate surface area is 180 Å². The number of anilines is 1. The molecule has 30 heavy (non-hydrogen) atoms. The van der Waals surface area contributed by atoms with Gasteiger partial charge in [-0.25, -0.2) is 4.68 Å². The predicted molar refractivity (Wildman–Crippen MR) is 121 cm³/mol. The molecule has 6 heteroatoms. The molecule has 0 unspecified atom stereocenters. The molecule has 5 nitrogen and oxygen atoms in total. The summed E-state index contributed by atoms with van der Waals surface area (Å²) in [5.41, 5.74) is 5.10. The summed E-state index contributed by atoms with van der Waals surface area (Å²) in [5.74, 6) is 3.91. The van der Waals surface area contributed by atoms with Gasteiger partial charge in [0, 0.05) is 5.56 Å². The minimum atomic E-state index is -0.203. The highest BCUT2D eigenvalue weighted by molar-refractivity contribution is 8.01. The lowest BCUT2D eigenvalue weighted by Crippen LogP contribution is -2.22. The van der Waals surface area contributed by atoms with Gasteiger partial charge in [-0.05, 0) is 50.6 Å². The summed E-state index contributed by atoms with van der Waals surface area (Å²) in [5, 5.41) is 7.64. The third kappa shape index (κ3) is 3.81. The minimum Gasteiger partial charge on any atom is -0.481 e. The van der Waals surface area contributed by atoms with E-state index in [4.69, 9.17) is 16.3 Å². The number of nitrogens with zero attached hydrogens (tertiary/aromatic N) is 2. The average Bonchev–Trinajstić information content (AvgIpc) is 2.99. The number of nitrogens with one attached hydrogen (secondary N) is 1. The Kier molecular flexibility index (Phi) is 5.56. The quantitative estimate of drug-likeness (QED) is 0.627. The van der Waals surface area contributed by atoms with Gasteiger partial charge in [0.25, 0.3) is 0 Å². The molecule has 1 amide bonds. The summed E-state index contributed by atoms with van der Waals surface area (Å²) in [7, 11) is 0. The standard InChI is InChI=1S/C24H23N3O2S/c1-5-14-29-20-12-8-18(9-13-20)22-21-16(3)26-27(19-10-6-15(2)7-11-19)23(21)25-24(28)17(4)30-22/h1,6-13,17,22H,14H2,2-4H3,(H,25,28)/t17-,22+/m1/s1. The Hall–Kier alpha value is -3.17. The van der Waals surface area contributed by atoms with Crippen molar-refractivity contribution in [1.29, 1.82) is 0 Å². The number of carbonyl (C=O) groups excluding carboxylic acids is 1. The molecule has 0 fully saturated rings. The van der Waals surface area contributed by atoms with Gasteiger partial charge in [-0.1, -0.05) is 35.7 Å². The lowest BCUT2D eigenvalue weighted by Gasteiger charge is -2.18. The van der Waals surface area contributed by atoms with Crippen molar-refractivity contribution in [3.05, 3.63) is 70.9 Å². The highest BCUT2D eigenvalue weighted by atomic mass is 32.2. The van der Waals surface area contributed by atoms with Crippen LogP contribution in [-0.2, 0) is 4.79 Å². The summed E-state index contributed by atoms with van der Waals surface area (Å²) < 4.78 is 7.33. The van der Waals surface area contributed by atoms with Crippen molar-refractivity contribution in [3.63, 3.8) is 0 Å². The summed E-state index contributed by atoms with van der Waals surface area (Å²) >= 11 is 1.62. The number of thioether (sulfide) groups is 1. The third-order valence-electron chi connectivity index (χ3n) is 5.10. The third-order valence-corrected chi connectivity index (χ3v) is 6.51. The number of carbonyl (C=O) groups is 1. The largest absolute Gasteiger partial charge is 0.481 e. The maximum Gasteiger partial charge on any atom is 0.238 e. The van der Waals surface area contributed by atoms with Gasteiger partial charge in [-0.15, -0.1) is 18.2 Å². The van der Waals surface area contributed by atoms with Crippen LogP contribution in [0.15, 0.2) is 48.5 Å². The topological polar surface area (TPSA) is 56.1 Å². The fourth-order valence-corrected chi connectivity index (χ4v) is 4.83. The number of rotatable bonds is 4. The van der Waals surface area contributed by atoms with Crippen LogP contribution in [0, 0.1) is 26.2 Å². The summed E-state index contributed by atoms with van der Waals surface area (Å²) in [6.07, 6.45) is 5.27. The lowest BCUT2D eigenvalue weighted by molar-refractivity contribution is -0.115. The van der Waals surface area contributed by atoms with Crippen LogP contribution in [-0.4, -0.2) is 27.5 Å². The molecule has 1 aliphatic rings. The van der Waals surface area contributed by atoms with Crippen molar-refractivity contribution in [1.82, 2.24) is 9.78 Å². The first-order valence-corrected chi connectivity index (χ1v) is 10.7. The molecule has 152 valence electrons. The fraction of sp³-hybridized carbons (Fsp3) is 0.250. The van der Waals surface area contributed by atoms with Crippen LogP contribution >= 0.6 is 11.8 Å². The number of aryl methyl sites for hydroxylation is 2. The number of fused-ring (bicyclic) bond motifs is 1. The Morgan fingerprint density at radius 1 is 1.17 bits per heavy atom. The van der Waals surface area contributed by atoms with Crippen molar-refractivity contribution in [2.75, 3.05) is 11.9 Å². The molecule has 2 aromatic carbocycles. The molecule has 0 saturated carbocycles. The lowest BCUT2D eigenvalue weighted by atomic mass is 10.0. The second-order valence-corrected chi connectivity index (χ2v) is 8.76. The summed E-state index contributed by atoms with van der Waals surface area (Å²) in [4.78, 5) is 12.8. The molecule has 0 saturated heterocycles. The monoisotopic (exact) mass is 417 g/mol. The molecule has 1 N–H and O–H groups in total. The van der Waals surface area contributed by atoms with Gasteiger partial charge in [0.2, 0.25) is 5.91 Å². The normalized spacial score (nSPS) is 18.1. The van der Waals surface area contributed by atoms with Gasteiger partial charge < -0.3 is 10.1 Å². The van der Waals surface area contributed by atoms with E-state index in [1.165, 1.54) is 5.56 Å². The van der Waals surface area contributed by atoms with Crippen LogP contribution in [0.5, 0.6) is 5.75 Å². The van der Waals surface area contributed by atoms with Crippen molar-refractivity contribution in [3.8, 4) is 23.8 Å². The van der Waals surface area contributed by atoms with E-state index in [1.54, 1.807) is 11.8 Å². The number of aromatic nitrogens is 2. The zero-order valence-electron chi connectivity index (χ0n) is 17.2. The highest BCUT2D eigenvalue weighted by Gasteiger charge is 2.34. The maximum atomic E-state index is 12.8. The number of amides is 1. The van der Waals surface area contributed by atoms with E-state index >= 15 is 0 Å². The van der Waals surface area contributed by atoms with E-state index in [0.29, 0.717) is 0 Å². The van der Waals surface area contributed by atoms with Crippen molar-refractivity contribution < 1.29 is 9.53 Å². The van der Waals surface area contributed by atoms with Crippen LogP contribution in [0.3, 0.4) is 0 Å². The van der Waals surface area contributed by atoms with Gasteiger partial charge in [-0.3, -0.25) is 4.79 Å². The van der Waals surface area contributed by atoms with Crippen LogP contribution in [0.2, 0.25) is 0 Å². The van der Waals surface area contributed by atoms with E-state index in [-0.39, 0.29) is 23.0 Å². The molecule has 4 rings (SSSR count). The molecular weight excluding hydrogens is 394 g/mol. The smallest absolute Gasteiger partial charge is 0.238 e. The first kappa shape index (κ1) is 20.1. The van der Waals surface area contributed by atoms with Crippen molar-refractivity contribution >= 4 is 23.5 Å². The fourth-order valence-electron chi connectivity index (χ4n) is 3.51.